The zero-order valence-corrected chi connectivity index (χ0v) is 17.1. The smallest absolute Gasteiger partial charge is 0.286 e. The van der Waals surface area contributed by atoms with E-state index in [9.17, 15) is 22.8 Å². The maximum absolute atomic E-state index is 13.7. The van der Waals surface area contributed by atoms with Crippen molar-refractivity contribution in [3.05, 3.63) is 28.4 Å². The quantitative estimate of drug-likeness (QED) is 0.542. The van der Waals surface area contributed by atoms with Crippen LogP contribution in [0.2, 0.25) is 0 Å². The van der Waals surface area contributed by atoms with Gasteiger partial charge in [-0.25, -0.2) is 13.2 Å². The lowest BCUT2D eigenvalue weighted by molar-refractivity contribution is -0.115. The molecule has 1 aromatic heterocycles. The average Bonchev–Trinajstić information content (AvgIpc) is 3.22. The molecule has 0 aromatic carbocycles. The Labute approximate surface area is 175 Å². The molecule has 0 aliphatic carbocycles. The summed E-state index contributed by atoms with van der Waals surface area (Å²) in [4.78, 5) is 26.2. The van der Waals surface area contributed by atoms with E-state index in [1.807, 2.05) is 7.05 Å². The van der Waals surface area contributed by atoms with Crippen molar-refractivity contribution in [2.75, 3.05) is 25.6 Å². The van der Waals surface area contributed by atoms with E-state index in [-0.39, 0.29) is 22.4 Å². The molecule has 0 radical (unpaired) electrons. The lowest BCUT2D eigenvalue weighted by Gasteiger charge is -2.12. The highest BCUT2D eigenvalue weighted by molar-refractivity contribution is 8.02. The maximum Gasteiger partial charge on any atom is 0.286 e. The second kappa shape index (κ2) is 9.43. The van der Waals surface area contributed by atoms with Crippen LogP contribution in [0.25, 0.3) is 0 Å². The number of hydrogen-bond donors (Lipinski definition) is 2. The third kappa shape index (κ3) is 5.69. The number of nitrogens with one attached hydrogen (secondary N) is 2. The van der Waals surface area contributed by atoms with Crippen LogP contribution in [-0.4, -0.2) is 58.1 Å². The summed E-state index contributed by atoms with van der Waals surface area (Å²) in [5.74, 6) is 4.43. The molecule has 29 heavy (non-hydrogen) atoms. The lowest BCUT2D eigenvalue weighted by atomic mass is 10.1. The van der Waals surface area contributed by atoms with Crippen LogP contribution in [0.15, 0.2) is 17.1 Å². The van der Waals surface area contributed by atoms with E-state index in [1.54, 1.807) is 0 Å². The van der Waals surface area contributed by atoms with Gasteiger partial charge in [0.25, 0.3) is 12.0 Å². The normalized spacial score (nSPS) is 27.1. The number of anilines is 1. The molecule has 1 amide bonds. The molecule has 2 saturated heterocycles. The number of halogens is 4. The molecule has 0 spiro atoms. The Morgan fingerprint density at radius 3 is 2.90 bits per heavy atom. The Kier molecular flexibility index (Phi) is 7.16. The van der Waals surface area contributed by atoms with E-state index < -0.39 is 35.5 Å². The number of aromatic nitrogens is 1. The number of carbonyl (C=O) groups is 1. The third-order valence-electron chi connectivity index (χ3n) is 4.56. The predicted molar refractivity (Wildman–Crippen MR) is 107 cm³/mol. The van der Waals surface area contributed by atoms with E-state index in [0.717, 1.165) is 25.5 Å². The number of carbonyl (C=O) groups excluding carboxylic acids is 1. The summed E-state index contributed by atoms with van der Waals surface area (Å²) in [5, 5.41) is 5.21. The molecule has 2 aliphatic heterocycles. The van der Waals surface area contributed by atoms with Crippen molar-refractivity contribution in [1.82, 2.24) is 14.8 Å². The molecule has 3 rings (SSSR count). The largest absolute Gasteiger partial charge is 0.324 e. The van der Waals surface area contributed by atoms with Crippen LogP contribution >= 0.6 is 23.4 Å². The minimum atomic E-state index is -2.83. The van der Waals surface area contributed by atoms with Gasteiger partial charge in [0.1, 0.15) is 0 Å². The van der Waals surface area contributed by atoms with E-state index in [1.165, 1.54) is 11.8 Å². The van der Waals surface area contributed by atoms with Crippen LogP contribution in [0.3, 0.4) is 0 Å². The minimum Gasteiger partial charge on any atom is -0.324 e. The molecule has 2 fully saturated rings. The van der Waals surface area contributed by atoms with Crippen LogP contribution in [0, 0.1) is 23.6 Å². The summed E-state index contributed by atoms with van der Waals surface area (Å²) in [6.07, 6.45) is -1.40. The van der Waals surface area contributed by atoms with Gasteiger partial charge >= 0.3 is 0 Å². The molecule has 158 valence electrons. The van der Waals surface area contributed by atoms with Gasteiger partial charge in [-0.05, 0) is 13.5 Å². The van der Waals surface area contributed by atoms with Crippen LogP contribution < -0.4 is 16.2 Å². The molecule has 4 unspecified atom stereocenters. The molecule has 0 bridgehead atoms. The predicted octanol–water partition coefficient (Wildman–Crippen LogP) is 1.74. The molecule has 6 nitrogen and oxygen atoms in total. The van der Waals surface area contributed by atoms with E-state index in [2.05, 4.69) is 27.4 Å². The fraction of sp³-hybridized carbons (Fsp3) is 0.556. The number of hydrogen-bond acceptors (Lipinski definition) is 5. The van der Waals surface area contributed by atoms with Crippen molar-refractivity contribution in [3.63, 3.8) is 0 Å². The topological polar surface area (TPSA) is 66.4 Å². The molecule has 2 N–H and O–H groups in total. The van der Waals surface area contributed by atoms with Crippen molar-refractivity contribution in [2.24, 2.45) is 5.92 Å². The first-order chi connectivity index (χ1) is 13.7. The van der Waals surface area contributed by atoms with Crippen molar-refractivity contribution < 1.29 is 18.0 Å². The van der Waals surface area contributed by atoms with Crippen molar-refractivity contribution in [3.8, 4) is 11.8 Å². The molecule has 2 aliphatic rings. The van der Waals surface area contributed by atoms with Gasteiger partial charge in [0.2, 0.25) is 5.91 Å². The zero-order chi connectivity index (χ0) is 21.1. The number of likely N-dealkylation sites (N-methyl/N-ethyl adjacent to an activating group) is 1. The first kappa shape index (κ1) is 22.0. The summed E-state index contributed by atoms with van der Waals surface area (Å²) in [5.41, 5.74) is -1.23. The molecular formula is C18H20ClF3N4O2S. The number of rotatable bonds is 4. The SMILES string of the molecule is CN1CNC(C#CC2CC(C(=O)Nc3cc(F)c(=O)n(CC(F)F)c3)SC2Cl)C1. The summed E-state index contributed by atoms with van der Waals surface area (Å²) in [6.45, 7) is 0.617. The monoisotopic (exact) mass is 448 g/mol. The van der Waals surface area contributed by atoms with E-state index in [0.29, 0.717) is 11.0 Å². The average molecular weight is 449 g/mol. The van der Waals surface area contributed by atoms with E-state index in [4.69, 9.17) is 11.6 Å². The Morgan fingerprint density at radius 2 is 2.24 bits per heavy atom. The molecule has 3 heterocycles. The first-order valence-corrected chi connectivity index (χ1v) is 10.3. The van der Waals surface area contributed by atoms with Gasteiger partial charge < -0.3 is 9.88 Å². The van der Waals surface area contributed by atoms with Gasteiger partial charge in [-0.2, -0.15) is 0 Å². The molecule has 1 aromatic rings. The fourth-order valence-electron chi connectivity index (χ4n) is 3.12. The number of amides is 1. The Morgan fingerprint density at radius 1 is 1.48 bits per heavy atom. The van der Waals surface area contributed by atoms with Gasteiger partial charge in [0.05, 0.1) is 28.2 Å². The first-order valence-electron chi connectivity index (χ1n) is 8.94. The van der Waals surface area contributed by atoms with Gasteiger partial charge in [-0.3, -0.25) is 19.8 Å². The highest BCUT2D eigenvalue weighted by Crippen LogP contribution is 2.41. The standard InChI is InChI=1S/C18H20ClF3N4O2S/c1-25-6-11(23-9-25)3-2-10-4-14(29-16(10)19)17(27)24-12-5-13(20)18(28)26(7-12)8-15(21)22/h5,7,10-11,14-16,23H,4,6,8-9H2,1H3,(H,24,27). The van der Waals surface area contributed by atoms with Gasteiger partial charge in [0, 0.05) is 31.4 Å². The fourth-order valence-corrected chi connectivity index (χ4v) is 4.85. The van der Waals surface area contributed by atoms with Crippen molar-refractivity contribution in [1.29, 1.82) is 0 Å². The second-order valence-electron chi connectivity index (χ2n) is 6.97. The van der Waals surface area contributed by atoms with Gasteiger partial charge in [-0.15, -0.1) is 23.4 Å². The lowest BCUT2D eigenvalue weighted by Crippen LogP contribution is -2.28. The van der Waals surface area contributed by atoms with Crippen LogP contribution in [0.1, 0.15) is 6.42 Å². The van der Waals surface area contributed by atoms with Gasteiger partial charge in [0.15, 0.2) is 5.82 Å². The van der Waals surface area contributed by atoms with Crippen LogP contribution in [0.4, 0.5) is 18.9 Å². The van der Waals surface area contributed by atoms with Crippen molar-refractivity contribution in [2.45, 2.75) is 35.4 Å². The molecule has 0 saturated carbocycles. The minimum absolute atomic E-state index is 0.0561. The molecule has 4 atom stereocenters. The highest BCUT2D eigenvalue weighted by Gasteiger charge is 2.37. The molecule has 11 heteroatoms. The highest BCUT2D eigenvalue weighted by atomic mass is 35.5. The summed E-state index contributed by atoms with van der Waals surface area (Å²) >= 11 is 7.57. The van der Waals surface area contributed by atoms with Crippen molar-refractivity contribution >= 4 is 35.0 Å². The number of alkyl halides is 3. The second-order valence-corrected chi connectivity index (χ2v) is 9.05. The summed E-state index contributed by atoms with van der Waals surface area (Å²) < 4.78 is 39.0. The maximum atomic E-state index is 13.7. The molecular weight excluding hydrogens is 429 g/mol. The summed E-state index contributed by atoms with van der Waals surface area (Å²) in [7, 11) is 1.98. The Hall–Kier alpha value is -1.67. The van der Waals surface area contributed by atoms with Crippen LogP contribution in [0.5, 0.6) is 0 Å². The summed E-state index contributed by atoms with van der Waals surface area (Å²) in [6, 6.07) is 0.875. The number of nitrogens with zero attached hydrogens (tertiary/aromatic N) is 2. The third-order valence-corrected chi connectivity index (χ3v) is 6.50. The van der Waals surface area contributed by atoms with E-state index >= 15 is 0 Å². The number of thioether (sulfide) groups is 1. The Bertz CT molecular complexity index is 888. The Balaban J connectivity index is 1.64. The van der Waals surface area contributed by atoms with Crippen LogP contribution in [-0.2, 0) is 11.3 Å². The van der Waals surface area contributed by atoms with Gasteiger partial charge in [-0.1, -0.05) is 11.8 Å². The zero-order valence-electron chi connectivity index (χ0n) is 15.5. The number of pyridine rings is 1.